The van der Waals surface area contributed by atoms with Gasteiger partial charge in [-0.05, 0) is 43.0 Å². The van der Waals surface area contributed by atoms with Crippen LogP contribution in [0.3, 0.4) is 0 Å². The number of H-pyrrole nitrogens is 1. The number of fused-ring (bicyclic) bond motifs is 1. The number of rotatable bonds is 5. The number of hydrogen-bond donors (Lipinski definition) is 1. The fraction of sp³-hybridized carbons (Fsp3) is 0.292. The van der Waals surface area contributed by atoms with Crippen molar-refractivity contribution in [3.63, 3.8) is 0 Å². The van der Waals surface area contributed by atoms with Crippen molar-refractivity contribution in [3.8, 4) is 11.8 Å². The van der Waals surface area contributed by atoms with Crippen molar-refractivity contribution in [2.24, 2.45) is 0 Å². The lowest BCUT2D eigenvalue weighted by atomic mass is 10.0. The molecule has 1 amide bonds. The molecule has 0 unspecified atom stereocenters. The van der Waals surface area contributed by atoms with Gasteiger partial charge in [-0.3, -0.25) is 24.2 Å². The van der Waals surface area contributed by atoms with Gasteiger partial charge in [-0.1, -0.05) is 19.1 Å². The van der Waals surface area contributed by atoms with Crippen LogP contribution in [0.1, 0.15) is 41.7 Å². The van der Waals surface area contributed by atoms with E-state index in [9.17, 15) is 9.59 Å². The van der Waals surface area contributed by atoms with Crippen molar-refractivity contribution >= 4 is 16.8 Å². The zero-order valence-electron chi connectivity index (χ0n) is 18.3. The fourth-order valence-electron chi connectivity index (χ4n) is 4.10. The van der Waals surface area contributed by atoms with Crippen LogP contribution < -0.4 is 10.3 Å². The molecule has 3 aromatic heterocycles. The third-order valence-corrected chi connectivity index (χ3v) is 6.01. The molecule has 1 N–H and O–H groups in total. The highest BCUT2D eigenvalue weighted by Gasteiger charge is 2.25. The topological polar surface area (TPSA) is 106 Å². The van der Waals surface area contributed by atoms with Crippen molar-refractivity contribution in [1.82, 2.24) is 29.6 Å². The van der Waals surface area contributed by atoms with Gasteiger partial charge in [0.25, 0.3) is 11.5 Å². The number of aromatic amines is 1. The number of amides is 1. The minimum absolute atomic E-state index is 0.0708. The lowest BCUT2D eigenvalue weighted by Gasteiger charge is -2.32. The second-order valence-corrected chi connectivity index (χ2v) is 8.10. The summed E-state index contributed by atoms with van der Waals surface area (Å²) in [5, 5.41) is 4.88. The first-order valence-corrected chi connectivity index (χ1v) is 11.0. The van der Waals surface area contributed by atoms with Gasteiger partial charge in [0.05, 0.1) is 35.5 Å². The number of ether oxygens (including phenoxy) is 1. The second kappa shape index (κ2) is 8.85. The van der Waals surface area contributed by atoms with E-state index in [1.807, 2.05) is 33.8 Å². The van der Waals surface area contributed by atoms with E-state index in [1.165, 1.54) is 11.8 Å². The van der Waals surface area contributed by atoms with E-state index in [2.05, 4.69) is 27.0 Å². The lowest BCUT2D eigenvalue weighted by molar-refractivity contribution is 0.0690. The summed E-state index contributed by atoms with van der Waals surface area (Å²) in [6.07, 6.45) is 9.02. The average molecular weight is 444 g/mol. The predicted molar refractivity (Wildman–Crippen MR) is 122 cm³/mol. The first kappa shape index (κ1) is 20.9. The third kappa shape index (κ3) is 4.34. The largest absolute Gasteiger partial charge is 0.422 e. The van der Waals surface area contributed by atoms with Crippen LogP contribution in [0.2, 0.25) is 0 Å². The highest BCUT2D eigenvalue weighted by Crippen LogP contribution is 2.26. The molecule has 0 spiro atoms. The average Bonchev–Trinajstić information content (AvgIpc) is 3.32. The molecule has 5 rings (SSSR count). The van der Waals surface area contributed by atoms with E-state index in [0.717, 1.165) is 24.8 Å². The first-order valence-electron chi connectivity index (χ1n) is 11.0. The molecule has 33 heavy (non-hydrogen) atoms. The number of piperidine rings is 1. The van der Waals surface area contributed by atoms with Gasteiger partial charge in [0.15, 0.2) is 5.75 Å². The molecule has 0 bridgehead atoms. The van der Waals surface area contributed by atoms with Gasteiger partial charge in [0, 0.05) is 24.8 Å². The summed E-state index contributed by atoms with van der Waals surface area (Å²) >= 11 is 0. The molecule has 1 aromatic carbocycles. The van der Waals surface area contributed by atoms with Crippen LogP contribution in [0, 0.1) is 0 Å². The van der Waals surface area contributed by atoms with E-state index in [1.54, 1.807) is 24.7 Å². The van der Waals surface area contributed by atoms with E-state index < -0.39 is 0 Å². The molecule has 1 aliphatic heterocycles. The Balaban J connectivity index is 1.22. The van der Waals surface area contributed by atoms with Crippen LogP contribution in [0.25, 0.3) is 10.9 Å². The van der Waals surface area contributed by atoms with E-state index >= 15 is 0 Å². The quantitative estimate of drug-likeness (QED) is 0.506. The normalized spacial score (nSPS) is 14.5. The van der Waals surface area contributed by atoms with Crippen molar-refractivity contribution < 1.29 is 9.53 Å². The van der Waals surface area contributed by atoms with Crippen LogP contribution >= 0.6 is 0 Å². The molecule has 1 saturated heterocycles. The highest BCUT2D eigenvalue weighted by molar-refractivity contribution is 5.94. The summed E-state index contributed by atoms with van der Waals surface area (Å²) < 4.78 is 7.59. The molecular weight excluding hydrogens is 420 g/mol. The molecular formula is C24H24N6O3. The van der Waals surface area contributed by atoms with E-state index in [4.69, 9.17) is 4.74 Å². The smallest absolute Gasteiger partial charge is 0.302 e. The maximum absolute atomic E-state index is 12.8. The van der Waals surface area contributed by atoms with Gasteiger partial charge in [-0.25, -0.2) is 0 Å². The molecule has 0 aliphatic carbocycles. The number of carbonyl (C=O) groups excluding carboxylic acids is 1. The number of carbonyl (C=O) groups is 1. The van der Waals surface area contributed by atoms with Crippen molar-refractivity contribution in [1.29, 1.82) is 0 Å². The Labute approximate surface area is 190 Å². The molecule has 4 heterocycles. The minimum atomic E-state index is -0.286. The number of hydrogen-bond acceptors (Lipinski definition) is 6. The molecule has 9 heteroatoms. The Morgan fingerprint density at radius 1 is 1.15 bits per heavy atom. The standard InChI is InChI=1S/C24H24N6O3/c1-2-16-3-5-17(6-4-16)23(32)29-11-8-18(9-12-29)30-15-19(13-26-30)33-24-27-21-14-25-10-7-20(21)22(31)28-24/h3-7,10,13-15,18H,2,8-9,11-12H2,1H3,(H,27,28,31). The Morgan fingerprint density at radius 2 is 1.94 bits per heavy atom. The molecule has 0 saturated carbocycles. The molecule has 0 radical (unpaired) electrons. The SMILES string of the molecule is CCc1ccc(C(=O)N2CCC(n3cc(Oc4nc5cnccc5c(=O)[nH]4)cn3)CC2)cc1. The molecule has 0 atom stereocenters. The monoisotopic (exact) mass is 444 g/mol. The molecule has 1 aliphatic rings. The van der Waals surface area contributed by atoms with Gasteiger partial charge in [0.1, 0.15) is 0 Å². The van der Waals surface area contributed by atoms with E-state index in [0.29, 0.717) is 29.7 Å². The highest BCUT2D eigenvalue weighted by atomic mass is 16.5. The van der Waals surface area contributed by atoms with Gasteiger partial charge in [0.2, 0.25) is 0 Å². The number of pyridine rings is 1. The zero-order chi connectivity index (χ0) is 22.8. The van der Waals surface area contributed by atoms with Gasteiger partial charge < -0.3 is 9.64 Å². The summed E-state index contributed by atoms with van der Waals surface area (Å²) in [6.45, 7) is 3.44. The summed E-state index contributed by atoms with van der Waals surface area (Å²) in [7, 11) is 0. The summed E-state index contributed by atoms with van der Waals surface area (Å²) in [6, 6.07) is 9.72. The predicted octanol–water partition coefficient (Wildman–Crippen LogP) is 3.35. The Morgan fingerprint density at radius 3 is 2.70 bits per heavy atom. The summed E-state index contributed by atoms with van der Waals surface area (Å²) in [5.74, 6) is 0.553. The Bertz CT molecular complexity index is 1340. The van der Waals surface area contributed by atoms with Crippen molar-refractivity contribution in [2.45, 2.75) is 32.2 Å². The number of nitrogens with one attached hydrogen (secondary N) is 1. The van der Waals surface area contributed by atoms with Crippen molar-refractivity contribution in [2.75, 3.05) is 13.1 Å². The number of aryl methyl sites for hydroxylation is 1. The van der Waals surface area contributed by atoms with Crippen molar-refractivity contribution in [3.05, 3.63) is 76.6 Å². The molecule has 4 aromatic rings. The molecule has 168 valence electrons. The molecule has 1 fully saturated rings. The Kier molecular flexibility index (Phi) is 5.60. The molecule has 9 nitrogen and oxygen atoms in total. The maximum Gasteiger partial charge on any atom is 0.302 e. The lowest BCUT2D eigenvalue weighted by Crippen LogP contribution is -2.39. The summed E-state index contributed by atoms with van der Waals surface area (Å²) in [5.41, 5.74) is 2.13. The third-order valence-electron chi connectivity index (χ3n) is 6.01. The van der Waals surface area contributed by atoms with Gasteiger partial charge >= 0.3 is 6.01 Å². The van der Waals surface area contributed by atoms with Crippen LogP contribution in [0.5, 0.6) is 11.8 Å². The van der Waals surface area contributed by atoms with Crippen LogP contribution in [-0.4, -0.2) is 48.6 Å². The first-order chi connectivity index (χ1) is 16.1. The van der Waals surface area contributed by atoms with Gasteiger partial charge in [-0.15, -0.1) is 0 Å². The fourth-order valence-corrected chi connectivity index (χ4v) is 4.10. The number of likely N-dealkylation sites (tertiary alicyclic amines) is 1. The van der Waals surface area contributed by atoms with Crippen LogP contribution in [0.4, 0.5) is 0 Å². The summed E-state index contributed by atoms with van der Waals surface area (Å²) in [4.78, 5) is 37.8. The van der Waals surface area contributed by atoms with Crippen LogP contribution in [-0.2, 0) is 6.42 Å². The van der Waals surface area contributed by atoms with Crippen LogP contribution in [0.15, 0.2) is 59.9 Å². The second-order valence-electron chi connectivity index (χ2n) is 8.10. The maximum atomic E-state index is 12.8. The zero-order valence-corrected chi connectivity index (χ0v) is 18.3. The van der Waals surface area contributed by atoms with E-state index in [-0.39, 0.29) is 23.5 Å². The van der Waals surface area contributed by atoms with Gasteiger partial charge in [-0.2, -0.15) is 10.1 Å². The number of benzene rings is 1. The number of aromatic nitrogens is 5. The number of nitrogens with zero attached hydrogens (tertiary/aromatic N) is 5. The Hall–Kier alpha value is -4.01. The minimum Gasteiger partial charge on any atom is -0.422 e.